The van der Waals surface area contributed by atoms with E-state index in [0.29, 0.717) is 17.0 Å². The van der Waals surface area contributed by atoms with Crippen LogP contribution in [0, 0.1) is 11.3 Å². The van der Waals surface area contributed by atoms with E-state index in [1.54, 1.807) is 6.07 Å². The number of hydrogen-bond donors (Lipinski definition) is 0. The number of aromatic nitrogens is 4. The number of carbonyl (C=O) groups is 2. The molecule has 1 saturated carbocycles. The van der Waals surface area contributed by atoms with Crippen molar-refractivity contribution in [2.45, 2.75) is 56.1 Å². The minimum absolute atomic E-state index is 0.0112. The molecular formula is C30H24F8N6O4. The number of imide groups is 1. The number of fused-ring (bicyclic) bond motifs is 1. The maximum atomic E-state index is 15.8. The number of nitriles is 1. The number of nitrogens with zero attached hydrogens (tertiary/aromatic N) is 6. The Labute approximate surface area is 266 Å². The van der Waals surface area contributed by atoms with Crippen molar-refractivity contribution < 1.29 is 54.2 Å². The zero-order valence-electron chi connectivity index (χ0n) is 25.0. The predicted octanol–water partition coefficient (Wildman–Crippen LogP) is 6.86. The van der Waals surface area contributed by atoms with Crippen LogP contribution in [0.1, 0.15) is 47.8 Å². The van der Waals surface area contributed by atoms with Gasteiger partial charge >= 0.3 is 18.4 Å². The van der Waals surface area contributed by atoms with Gasteiger partial charge in [-0.3, -0.25) is 4.79 Å². The summed E-state index contributed by atoms with van der Waals surface area (Å²) >= 11 is 0. The smallest absolute Gasteiger partial charge is 0.428 e. The van der Waals surface area contributed by atoms with Gasteiger partial charge in [-0.1, -0.05) is 24.8 Å². The molecule has 10 nitrogen and oxygen atoms in total. The highest BCUT2D eigenvalue weighted by molar-refractivity contribution is 6.06. The summed E-state index contributed by atoms with van der Waals surface area (Å²) in [6.07, 6.45) is -12.0. The number of amides is 2. The van der Waals surface area contributed by atoms with Crippen LogP contribution in [0.2, 0.25) is 0 Å². The van der Waals surface area contributed by atoms with E-state index in [0.717, 1.165) is 47.0 Å². The molecule has 3 aromatic rings. The lowest BCUT2D eigenvalue weighted by Gasteiger charge is -2.28. The lowest BCUT2D eigenvalue weighted by atomic mass is 9.93. The van der Waals surface area contributed by atoms with E-state index in [9.17, 15) is 41.2 Å². The van der Waals surface area contributed by atoms with Crippen LogP contribution in [0.3, 0.4) is 0 Å². The summed E-state index contributed by atoms with van der Waals surface area (Å²) in [5.74, 6) is -2.88. The number of halogens is 8. The maximum absolute atomic E-state index is 15.8. The highest BCUT2D eigenvalue weighted by Gasteiger charge is 2.61. The van der Waals surface area contributed by atoms with Crippen LogP contribution in [0.4, 0.5) is 39.9 Å². The van der Waals surface area contributed by atoms with Gasteiger partial charge < -0.3 is 9.47 Å². The summed E-state index contributed by atoms with van der Waals surface area (Å²) < 4.78 is 127. The molecule has 5 rings (SSSR count). The Balaban J connectivity index is 1.62. The Bertz CT molecular complexity index is 1870. The fourth-order valence-corrected chi connectivity index (χ4v) is 5.16. The lowest BCUT2D eigenvalue weighted by molar-refractivity contribution is -0.237. The standard InChI is InChI=1S/C30H24F8N6O4/c1-4-16-8-9-28(32,30(36,37)38)22-21(48-23(16)31)24(42(3)41-22)43-14-18(13-40-43)17-6-7-20(29(33,34)35)19(12-17)25(45)44(26(46)47-5-2)27(15-39)10-11-27/h4,6-8,12-14,23H,1,5,9-11H2,2-3H3/b16-8-. The first kappa shape index (κ1) is 34.1. The molecule has 1 aromatic carbocycles. The Morgan fingerprint density at radius 2 is 1.92 bits per heavy atom. The van der Waals surface area contributed by atoms with E-state index in [1.807, 2.05) is 0 Å². The maximum Gasteiger partial charge on any atom is 0.428 e. The molecule has 254 valence electrons. The average molecular weight is 685 g/mol. The fraction of sp³-hybridized carbons (Fsp3) is 0.367. The van der Waals surface area contributed by atoms with Gasteiger partial charge in [0.2, 0.25) is 0 Å². The van der Waals surface area contributed by atoms with Gasteiger partial charge in [-0.05, 0) is 37.5 Å². The van der Waals surface area contributed by atoms with Crippen molar-refractivity contribution in [3.8, 4) is 28.8 Å². The molecule has 0 saturated heterocycles. The van der Waals surface area contributed by atoms with Crippen LogP contribution in [0.25, 0.3) is 16.9 Å². The molecule has 48 heavy (non-hydrogen) atoms. The average Bonchev–Trinajstić information content (AvgIpc) is 3.51. The van der Waals surface area contributed by atoms with Crippen LogP contribution < -0.4 is 4.74 Å². The second kappa shape index (κ2) is 11.8. The first-order valence-electron chi connectivity index (χ1n) is 14.1. The molecule has 2 atom stereocenters. The van der Waals surface area contributed by atoms with Crippen LogP contribution >= 0.6 is 0 Å². The molecule has 2 unspecified atom stereocenters. The monoisotopic (exact) mass is 684 g/mol. The van der Waals surface area contributed by atoms with Crippen LogP contribution in [-0.2, 0) is 23.6 Å². The van der Waals surface area contributed by atoms with Crippen LogP contribution in [0.5, 0.6) is 5.75 Å². The van der Waals surface area contributed by atoms with E-state index in [1.165, 1.54) is 6.92 Å². The second-order valence-electron chi connectivity index (χ2n) is 10.9. The number of alkyl halides is 8. The molecule has 0 radical (unpaired) electrons. The quantitative estimate of drug-likeness (QED) is 0.261. The topological polar surface area (TPSA) is 115 Å². The second-order valence-corrected chi connectivity index (χ2v) is 10.9. The highest BCUT2D eigenvalue weighted by atomic mass is 19.4. The van der Waals surface area contributed by atoms with Gasteiger partial charge in [-0.2, -0.15) is 46.2 Å². The number of benzene rings is 1. The third kappa shape index (κ3) is 5.66. The molecule has 1 aliphatic heterocycles. The van der Waals surface area contributed by atoms with Gasteiger partial charge in [0.25, 0.3) is 17.9 Å². The summed E-state index contributed by atoms with van der Waals surface area (Å²) in [5.41, 5.74) is -10.2. The minimum Gasteiger partial charge on any atom is -0.450 e. The zero-order valence-corrected chi connectivity index (χ0v) is 25.0. The number of rotatable bonds is 6. The van der Waals surface area contributed by atoms with Gasteiger partial charge in [0, 0.05) is 30.8 Å². The summed E-state index contributed by atoms with van der Waals surface area (Å²) in [6.45, 7) is 4.48. The number of allylic oxidation sites excluding steroid dienone is 1. The largest absolute Gasteiger partial charge is 0.450 e. The summed E-state index contributed by atoms with van der Waals surface area (Å²) in [6, 6.07) is 4.11. The summed E-state index contributed by atoms with van der Waals surface area (Å²) in [5, 5.41) is 17.3. The number of ether oxygens (including phenoxy) is 2. The van der Waals surface area contributed by atoms with E-state index < -0.39 is 82.3 Å². The fourth-order valence-electron chi connectivity index (χ4n) is 5.16. The Morgan fingerprint density at radius 3 is 2.48 bits per heavy atom. The lowest BCUT2D eigenvalue weighted by Crippen LogP contribution is -2.46. The highest BCUT2D eigenvalue weighted by Crippen LogP contribution is 2.51. The van der Waals surface area contributed by atoms with Gasteiger partial charge in [0.1, 0.15) is 5.54 Å². The molecule has 1 fully saturated rings. The zero-order chi connectivity index (χ0) is 35.4. The molecule has 1 aliphatic carbocycles. The van der Waals surface area contributed by atoms with Crippen molar-refractivity contribution in [3.63, 3.8) is 0 Å². The van der Waals surface area contributed by atoms with E-state index in [4.69, 9.17) is 9.47 Å². The third-order valence-electron chi connectivity index (χ3n) is 7.84. The molecular weight excluding hydrogens is 660 g/mol. The normalized spacial score (nSPS) is 21.4. The molecule has 3 heterocycles. The molecule has 2 amide bonds. The van der Waals surface area contributed by atoms with Gasteiger partial charge in [0.15, 0.2) is 17.3 Å². The number of aryl methyl sites for hydroxylation is 1. The van der Waals surface area contributed by atoms with Crippen LogP contribution in [-0.4, -0.2) is 61.1 Å². The van der Waals surface area contributed by atoms with E-state index >= 15 is 8.78 Å². The van der Waals surface area contributed by atoms with Crippen molar-refractivity contribution in [3.05, 3.63) is 71.7 Å². The van der Waals surface area contributed by atoms with Gasteiger partial charge in [0.05, 0.1) is 30.0 Å². The van der Waals surface area contributed by atoms with Crippen LogP contribution in [0.15, 0.2) is 54.9 Å². The van der Waals surface area contributed by atoms with Crippen molar-refractivity contribution in [1.82, 2.24) is 24.5 Å². The van der Waals surface area contributed by atoms with Crippen molar-refractivity contribution in [2.24, 2.45) is 7.05 Å². The van der Waals surface area contributed by atoms with E-state index in [-0.39, 0.29) is 30.6 Å². The minimum atomic E-state index is -5.52. The Hall–Kier alpha value is -5.21. The number of carbonyl (C=O) groups excluding carboxylic acids is 2. The van der Waals surface area contributed by atoms with Crippen molar-refractivity contribution in [1.29, 1.82) is 5.26 Å². The summed E-state index contributed by atoms with van der Waals surface area (Å²) in [7, 11) is 1.11. The molecule has 2 aliphatic rings. The Kier molecular flexibility index (Phi) is 8.39. The predicted molar refractivity (Wildman–Crippen MR) is 149 cm³/mol. The molecule has 18 heteroatoms. The molecule has 0 spiro atoms. The summed E-state index contributed by atoms with van der Waals surface area (Å²) in [4.78, 5) is 26.6. The third-order valence-corrected chi connectivity index (χ3v) is 7.84. The van der Waals surface area contributed by atoms with Crippen molar-refractivity contribution >= 4 is 12.0 Å². The van der Waals surface area contributed by atoms with Gasteiger partial charge in [-0.15, -0.1) is 0 Å². The number of hydrogen-bond acceptors (Lipinski definition) is 7. The Morgan fingerprint density at radius 1 is 1.23 bits per heavy atom. The van der Waals surface area contributed by atoms with E-state index in [2.05, 4.69) is 16.8 Å². The molecule has 0 bridgehead atoms. The molecule has 0 N–H and O–H groups in total. The SMILES string of the molecule is C=C/C1=C/CC(F)(C(F)(F)F)c2nn(C)c(-n3cc(-c4ccc(C(F)(F)F)c(C(=O)N(C(=O)OCC)C5(C#N)CC5)c4)cn3)c2OC1F. The van der Waals surface area contributed by atoms with Gasteiger partial charge in [-0.25, -0.2) is 23.4 Å². The van der Waals surface area contributed by atoms with Crippen molar-refractivity contribution in [2.75, 3.05) is 6.61 Å². The first-order chi connectivity index (χ1) is 22.4. The molecule has 2 aromatic heterocycles. The first-order valence-corrected chi connectivity index (χ1v) is 14.1.